The van der Waals surface area contributed by atoms with E-state index in [0.29, 0.717) is 11.1 Å². The molecule has 1 aromatic heterocycles. The van der Waals surface area contributed by atoms with E-state index in [1.807, 2.05) is 37.0 Å². The quantitative estimate of drug-likeness (QED) is 0.808. The van der Waals surface area contributed by atoms with Crippen LogP contribution in [0.2, 0.25) is 0 Å². The van der Waals surface area contributed by atoms with Crippen LogP contribution in [0.5, 0.6) is 0 Å². The van der Waals surface area contributed by atoms with E-state index < -0.39 is 0 Å². The van der Waals surface area contributed by atoms with Crippen LogP contribution in [0.1, 0.15) is 31.7 Å². The number of hydrogen-bond acceptors (Lipinski definition) is 5. The van der Waals surface area contributed by atoms with Gasteiger partial charge in [0.1, 0.15) is 0 Å². The highest BCUT2D eigenvalue weighted by Crippen LogP contribution is 2.24. The van der Waals surface area contributed by atoms with Gasteiger partial charge in [0.25, 0.3) is 5.89 Å². The van der Waals surface area contributed by atoms with E-state index in [-0.39, 0.29) is 0 Å². The van der Waals surface area contributed by atoms with Crippen LogP contribution in [-0.4, -0.2) is 29.0 Å². The highest BCUT2D eigenvalue weighted by atomic mass is 32.2. The zero-order chi connectivity index (χ0) is 15.1. The Kier molecular flexibility index (Phi) is 6.26. The van der Waals surface area contributed by atoms with Crippen LogP contribution in [0, 0.1) is 0 Å². The number of nitrogens with one attached hydrogen (secondary N) is 1. The minimum atomic E-state index is 0.620. The van der Waals surface area contributed by atoms with Gasteiger partial charge in [-0.2, -0.15) is 16.7 Å². The van der Waals surface area contributed by atoms with Gasteiger partial charge in [-0.1, -0.05) is 37.2 Å². The van der Waals surface area contributed by atoms with Gasteiger partial charge in [0.15, 0.2) is 5.82 Å². The van der Waals surface area contributed by atoms with Crippen molar-refractivity contribution in [3.05, 3.63) is 35.7 Å². The van der Waals surface area contributed by atoms with Crippen LogP contribution in [0.4, 0.5) is 0 Å². The molecule has 0 spiro atoms. The second kappa shape index (κ2) is 8.20. The molecule has 5 heteroatoms. The molecule has 0 aliphatic carbocycles. The first-order valence-electron chi connectivity index (χ1n) is 7.41. The van der Waals surface area contributed by atoms with Gasteiger partial charge < -0.3 is 9.84 Å². The zero-order valence-electron chi connectivity index (χ0n) is 12.9. The van der Waals surface area contributed by atoms with Crippen molar-refractivity contribution in [1.29, 1.82) is 0 Å². The fraction of sp³-hybridized carbons (Fsp3) is 0.500. The lowest BCUT2D eigenvalue weighted by atomic mass is 10.0. The maximum absolute atomic E-state index is 5.44. The van der Waals surface area contributed by atoms with Gasteiger partial charge in [-0.3, -0.25) is 0 Å². The van der Waals surface area contributed by atoms with E-state index in [0.717, 1.165) is 36.5 Å². The first-order chi connectivity index (χ1) is 10.2. The second-order valence-electron chi connectivity index (χ2n) is 5.06. The maximum atomic E-state index is 5.44. The molecular weight excluding hydrogens is 282 g/mol. The molecule has 1 unspecified atom stereocenters. The molecule has 0 aliphatic rings. The molecule has 1 heterocycles. The summed E-state index contributed by atoms with van der Waals surface area (Å²) in [6.07, 6.45) is 2.11. The number of hydrogen-bond donors (Lipinski definition) is 1. The van der Waals surface area contributed by atoms with E-state index in [1.165, 1.54) is 5.56 Å². The number of benzene rings is 1. The maximum Gasteiger partial charge on any atom is 0.258 e. The molecule has 1 aromatic carbocycles. The number of aromatic nitrogens is 2. The highest BCUT2D eigenvalue weighted by molar-refractivity contribution is 7.99. The Labute approximate surface area is 130 Å². The molecule has 0 saturated heterocycles. The molecule has 2 aromatic rings. The van der Waals surface area contributed by atoms with Crippen molar-refractivity contribution >= 4 is 11.8 Å². The average Bonchev–Trinajstić information content (AvgIpc) is 2.99. The van der Waals surface area contributed by atoms with Crippen molar-refractivity contribution in [2.24, 2.45) is 0 Å². The summed E-state index contributed by atoms with van der Waals surface area (Å²) in [5.41, 5.74) is 2.27. The minimum Gasteiger partial charge on any atom is -0.334 e. The Morgan fingerprint density at radius 1 is 1.33 bits per heavy atom. The van der Waals surface area contributed by atoms with Crippen molar-refractivity contribution in [2.75, 3.05) is 13.6 Å². The number of nitrogens with zero attached hydrogens (tertiary/aromatic N) is 2. The Hall–Kier alpha value is -1.33. The largest absolute Gasteiger partial charge is 0.334 e. The lowest BCUT2D eigenvalue weighted by Crippen LogP contribution is -2.10. The molecule has 0 aliphatic heterocycles. The summed E-state index contributed by atoms with van der Waals surface area (Å²) in [7, 11) is 1.96. The molecular formula is C16H23N3OS. The monoisotopic (exact) mass is 305 g/mol. The summed E-state index contributed by atoms with van der Waals surface area (Å²) >= 11 is 1.86. The predicted octanol–water partition coefficient (Wildman–Crippen LogP) is 3.53. The van der Waals surface area contributed by atoms with E-state index in [9.17, 15) is 0 Å². The predicted molar refractivity (Wildman–Crippen MR) is 88.4 cm³/mol. The topological polar surface area (TPSA) is 51.0 Å². The normalized spacial score (nSPS) is 12.5. The lowest BCUT2D eigenvalue weighted by molar-refractivity contribution is 0.424. The summed E-state index contributed by atoms with van der Waals surface area (Å²) in [4.78, 5) is 4.54. The summed E-state index contributed by atoms with van der Waals surface area (Å²) in [6, 6.07) is 8.22. The van der Waals surface area contributed by atoms with Crippen molar-refractivity contribution in [3.63, 3.8) is 0 Å². The molecule has 0 saturated carbocycles. The van der Waals surface area contributed by atoms with Gasteiger partial charge in [0.05, 0.1) is 5.75 Å². The van der Waals surface area contributed by atoms with Gasteiger partial charge >= 0.3 is 0 Å². The SMILES string of the molecule is CCC(C)SCc1noc(-c2ccccc2CCNC)n1. The van der Waals surface area contributed by atoms with Crippen LogP contribution in [-0.2, 0) is 12.2 Å². The third kappa shape index (κ3) is 4.58. The van der Waals surface area contributed by atoms with Crippen LogP contribution in [0.25, 0.3) is 11.5 Å². The summed E-state index contributed by atoms with van der Waals surface area (Å²) in [5.74, 6) is 2.21. The average molecular weight is 305 g/mol. The Morgan fingerprint density at radius 2 is 2.14 bits per heavy atom. The van der Waals surface area contributed by atoms with E-state index in [1.54, 1.807) is 0 Å². The molecule has 1 N–H and O–H groups in total. The van der Waals surface area contributed by atoms with Gasteiger partial charge in [-0.25, -0.2) is 0 Å². The smallest absolute Gasteiger partial charge is 0.258 e. The molecule has 21 heavy (non-hydrogen) atoms. The van der Waals surface area contributed by atoms with E-state index in [4.69, 9.17) is 4.52 Å². The van der Waals surface area contributed by atoms with Gasteiger partial charge in [-0.05, 0) is 38.1 Å². The Balaban J connectivity index is 2.10. The van der Waals surface area contributed by atoms with Gasteiger partial charge in [-0.15, -0.1) is 0 Å². The minimum absolute atomic E-state index is 0.620. The Morgan fingerprint density at radius 3 is 2.90 bits per heavy atom. The van der Waals surface area contributed by atoms with Crippen molar-refractivity contribution < 1.29 is 4.52 Å². The number of rotatable bonds is 8. The third-order valence-electron chi connectivity index (χ3n) is 3.43. The van der Waals surface area contributed by atoms with Gasteiger partial charge in [0, 0.05) is 10.8 Å². The number of likely N-dealkylation sites (N-methyl/N-ethyl adjacent to an activating group) is 1. The van der Waals surface area contributed by atoms with Crippen LogP contribution in [0.3, 0.4) is 0 Å². The van der Waals surface area contributed by atoms with Crippen LogP contribution in [0.15, 0.2) is 28.8 Å². The first kappa shape index (κ1) is 16.0. The molecule has 0 fully saturated rings. The van der Waals surface area contributed by atoms with Crippen LogP contribution < -0.4 is 5.32 Å². The standard InChI is InChI=1S/C16H23N3OS/c1-4-12(2)21-11-15-18-16(20-19-15)14-8-6-5-7-13(14)9-10-17-3/h5-8,12,17H,4,9-11H2,1-3H3. The zero-order valence-corrected chi connectivity index (χ0v) is 13.7. The van der Waals surface area contributed by atoms with E-state index in [2.05, 4.69) is 35.4 Å². The summed E-state index contributed by atoms with van der Waals surface area (Å²) in [5, 5.41) is 7.89. The molecule has 114 valence electrons. The molecule has 4 nitrogen and oxygen atoms in total. The summed E-state index contributed by atoms with van der Waals surface area (Å²) in [6.45, 7) is 5.35. The summed E-state index contributed by atoms with van der Waals surface area (Å²) < 4.78 is 5.44. The fourth-order valence-electron chi connectivity index (χ4n) is 1.96. The third-order valence-corrected chi connectivity index (χ3v) is 4.76. The fourth-order valence-corrected chi connectivity index (χ4v) is 2.75. The molecule has 0 bridgehead atoms. The number of thioether (sulfide) groups is 1. The van der Waals surface area contributed by atoms with E-state index >= 15 is 0 Å². The lowest BCUT2D eigenvalue weighted by Gasteiger charge is -2.05. The molecule has 1 atom stereocenters. The van der Waals surface area contributed by atoms with Crippen LogP contribution >= 0.6 is 11.8 Å². The van der Waals surface area contributed by atoms with Crippen molar-refractivity contribution in [3.8, 4) is 11.5 Å². The Bertz CT molecular complexity index is 556. The first-order valence-corrected chi connectivity index (χ1v) is 8.46. The molecule has 0 radical (unpaired) electrons. The second-order valence-corrected chi connectivity index (χ2v) is 6.48. The molecule has 2 rings (SSSR count). The van der Waals surface area contributed by atoms with Crippen molar-refractivity contribution in [1.82, 2.24) is 15.5 Å². The van der Waals surface area contributed by atoms with Gasteiger partial charge in [0.2, 0.25) is 0 Å². The van der Waals surface area contributed by atoms with Crippen molar-refractivity contribution in [2.45, 2.75) is 37.7 Å². The molecule has 0 amide bonds. The highest BCUT2D eigenvalue weighted by Gasteiger charge is 2.13.